The van der Waals surface area contributed by atoms with E-state index in [1.165, 1.54) is 6.07 Å². The Morgan fingerprint density at radius 1 is 1.50 bits per heavy atom. The van der Waals surface area contributed by atoms with E-state index in [0.717, 1.165) is 25.1 Å². The third-order valence-electron chi connectivity index (χ3n) is 3.23. The molecule has 1 heterocycles. The number of hydrogen-bond donors (Lipinski definition) is 1. The van der Waals surface area contributed by atoms with Gasteiger partial charge in [0.2, 0.25) is 0 Å². The fourth-order valence-corrected chi connectivity index (χ4v) is 2.31. The van der Waals surface area contributed by atoms with Crippen molar-refractivity contribution < 1.29 is 13.6 Å². The summed E-state index contributed by atoms with van der Waals surface area (Å²) < 4.78 is 26.3. The predicted octanol–water partition coefficient (Wildman–Crippen LogP) is 1.65. The van der Waals surface area contributed by atoms with Crippen LogP contribution in [0.1, 0.15) is 16.8 Å². The summed E-state index contributed by atoms with van der Waals surface area (Å²) in [6.07, 6.45) is 0.912. The van der Waals surface area contributed by atoms with Crippen LogP contribution in [0.5, 0.6) is 0 Å². The molecule has 3 nitrogen and oxygen atoms in total. The SMILES string of the molecule is CNC[C@H]1CCN(C(=O)c2ccc(F)cc2F)C1. The minimum absolute atomic E-state index is 0.0542. The summed E-state index contributed by atoms with van der Waals surface area (Å²) in [5, 5.41) is 3.07. The molecular formula is C13H16F2N2O. The Morgan fingerprint density at radius 2 is 2.28 bits per heavy atom. The first-order valence-electron chi connectivity index (χ1n) is 6.00. The lowest BCUT2D eigenvalue weighted by atomic mass is 10.1. The summed E-state index contributed by atoms with van der Waals surface area (Å²) in [5.41, 5.74) is -0.0542. The van der Waals surface area contributed by atoms with E-state index in [4.69, 9.17) is 0 Å². The second-order valence-corrected chi connectivity index (χ2v) is 4.59. The molecule has 18 heavy (non-hydrogen) atoms. The molecule has 1 aliphatic heterocycles. The molecule has 1 aromatic rings. The Morgan fingerprint density at radius 3 is 2.94 bits per heavy atom. The van der Waals surface area contributed by atoms with Crippen LogP contribution in [-0.4, -0.2) is 37.5 Å². The number of carbonyl (C=O) groups is 1. The van der Waals surface area contributed by atoms with Gasteiger partial charge in [0.15, 0.2) is 0 Å². The molecule has 0 bridgehead atoms. The van der Waals surface area contributed by atoms with E-state index < -0.39 is 11.6 Å². The Balaban J connectivity index is 2.08. The van der Waals surface area contributed by atoms with Crippen LogP contribution in [0.3, 0.4) is 0 Å². The maximum Gasteiger partial charge on any atom is 0.256 e. The number of nitrogens with one attached hydrogen (secondary N) is 1. The van der Waals surface area contributed by atoms with Crippen molar-refractivity contribution in [2.45, 2.75) is 6.42 Å². The van der Waals surface area contributed by atoms with E-state index in [1.807, 2.05) is 7.05 Å². The van der Waals surface area contributed by atoms with Crippen molar-refractivity contribution >= 4 is 5.91 Å². The second kappa shape index (κ2) is 5.44. The van der Waals surface area contributed by atoms with Crippen LogP contribution in [0.4, 0.5) is 8.78 Å². The number of rotatable bonds is 3. The molecule has 0 aromatic heterocycles. The van der Waals surface area contributed by atoms with Gasteiger partial charge in [-0.3, -0.25) is 4.79 Å². The molecule has 98 valence electrons. The summed E-state index contributed by atoms with van der Waals surface area (Å²) in [4.78, 5) is 13.7. The highest BCUT2D eigenvalue weighted by Gasteiger charge is 2.27. The average Bonchev–Trinajstić information content (AvgIpc) is 2.77. The van der Waals surface area contributed by atoms with Gasteiger partial charge in [-0.15, -0.1) is 0 Å². The summed E-state index contributed by atoms with van der Waals surface area (Å²) in [5.74, 6) is -1.41. The van der Waals surface area contributed by atoms with Gasteiger partial charge in [0.1, 0.15) is 11.6 Å². The van der Waals surface area contributed by atoms with Crippen molar-refractivity contribution in [3.8, 4) is 0 Å². The smallest absolute Gasteiger partial charge is 0.256 e. The largest absolute Gasteiger partial charge is 0.338 e. The zero-order valence-electron chi connectivity index (χ0n) is 10.2. The van der Waals surface area contributed by atoms with Gasteiger partial charge in [-0.05, 0) is 38.1 Å². The van der Waals surface area contributed by atoms with Crippen LogP contribution in [0.25, 0.3) is 0 Å². The lowest BCUT2D eigenvalue weighted by Gasteiger charge is -2.17. The molecular weight excluding hydrogens is 238 g/mol. The van der Waals surface area contributed by atoms with E-state index in [1.54, 1.807) is 4.90 Å². The second-order valence-electron chi connectivity index (χ2n) is 4.59. The van der Waals surface area contributed by atoms with E-state index in [0.29, 0.717) is 19.0 Å². The maximum absolute atomic E-state index is 13.5. The van der Waals surface area contributed by atoms with Gasteiger partial charge >= 0.3 is 0 Å². The van der Waals surface area contributed by atoms with Crippen molar-refractivity contribution in [2.24, 2.45) is 5.92 Å². The highest BCUT2D eigenvalue weighted by atomic mass is 19.1. The minimum Gasteiger partial charge on any atom is -0.338 e. The topological polar surface area (TPSA) is 32.3 Å². The van der Waals surface area contributed by atoms with Gasteiger partial charge in [0, 0.05) is 19.2 Å². The monoisotopic (exact) mass is 254 g/mol. The van der Waals surface area contributed by atoms with Crippen molar-refractivity contribution in [3.05, 3.63) is 35.4 Å². The van der Waals surface area contributed by atoms with Gasteiger partial charge < -0.3 is 10.2 Å². The van der Waals surface area contributed by atoms with Gasteiger partial charge in [-0.25, -0.2) is 8.78 Å². The lowest BCUT2D eigenvalue weighted by molar-refractivity contribution is 0.0782. The Bertz CT molecular complexity index is 451. The van der Waals surface area contributed by atoms with E-state index >= 15 is 0 Å². The molecule has 1 fully saturated rings. The standard InChI is InChI=1S/C13H16F2N2O/c1-16-7-9-4-5-17(8-9)13(18)11-3-2-10(14)6-12(11)15/h2-3,6,9,16H,4-5,7-8H2,1H3/t9-/m1/s1. The fraction of sp³-hybridized carbons (Fsp3) is 0.462. The molecule has 0 radical (unpaired) electrons. The summed E-state index contributed by atoms with van der Waals surface area (Å²) in [6, 6.07) is 3.06. The summed E-state index contributed by atoms with van der Waals surface area (Å²) in [7, 11) is 1.87. The zero-order chi connectivity index (χ0) is 13.1. The van der Waals surface area contributed by atoms with Crippen LogP contribution in [0, 0.1) is 17.6 Å². The lowest BCUT2D eigenvalue weighted by Crippen LogP contribution is -2.31. The quantitative estimate of drug-likeness (QED) is 0.889. The maximum atomic E-state index is 13.5. The number of carbonyl (C=O) groups excluding carboxylic acids is 1. The summed E-state index contributed by atoms with van der Waals surface area (Å²) in [6.45, 7) is 2.09. The predicted molar refractivity (Wildman–Crippen MR) is 64.3 cm³/mol. The molecule has 0 unspecified atom stereocenters. The van der Waals surface area contributed by atoms with E-state index in [-0.39, 0.29) is 11.5 Å². The number of nitrogens with zero attached hydrogens (tertiary/aromatic N) is 1. The molecule has 1 aliphatic rings. The van der Waals surface area contributed by atoms with Gasteiger partial charge in [-0.2, -0.15) is 0 Å². The third kappa shape index (κ3) is 2.67. The van der Waals surface area contributed by atoms with Crippen LogP contribution < -0.4 is 5.32 Å². The van der Waals surface area contributed by atoms with Crippen molar-refractivity contribution in [1.29, 1.82) is 0 Å². The van der Waals surface area contributed by atoms with Crippen LogP contribution >= 0.6 is 0 Å². The molecule has 1 aromatic carbocycles. The molecule has 1 saturated heterocycles. The van der Waals surface area contributed by atoms with E-state index in [2.05, 4.69) is 5.32 Å². The first-order valence-corrected chi connectivity index (χ1v) is 6.00. The number of amides is 1. The van der Waals surface area contributed by atoms with Crippen LogP contribution in [0.2, 0.25) is 0 Å². The molecule has 0 aliphatic carbocycles. The zero-order valence-corrected chi connectivity index (χ0v) is 10.2. The van der Waals surface area contributed by atoms with Crippen molar-refractivity contribution in [1.82, 2.24) is 10.2 Å². The number of halogens is 2. The van der Waals surface area contributed by atoms with Gasteiger partial charge in [0.05, 0.1) is 5.56 Å². The molecule has 1 atom stereocenters. The Hall–Kier alpha value is -1.49. The van der Waals surface area contributed by atoms with Crippen LogP contribution in [-0.2, 0) is 0 Å². The molecule has 0 spiro atoms. The van der Waals surface area contributed by atoms with Gasteiger partial charge in [-0.1, -0.05) is 0 Å². The third-order valence-corrected chi connectivity index (χ3v) is 3.23. The number of likely N-dealkylation sites (tertiary alicyclic amines) is 1. The first kappa shape index (κ1) is 13.0. The minimum atomic E-state index is -0.794. The highest BCUT2D eigenvalue weighted by Crippen LogP contribution is 2.19. The molecule has 2 rings (SSSR count). The normalized spacial score (nSPS) is 19.3. The highest BCUT2D eigenvalue weighted by molar-refractivity contribution is 5.94. The van der Waals surface area contributed by atoms with Gasteiger partial charge in [0.25, 0.3) is 5.91 Å². The van der Waals surface area contributed by atoms with Crippen molar-refractivity contribution in [3.63, 3.8) is 0 Å². The Kier molecular flexibility index (Phi) is 3.91. The van der Waals surface area contributed by atoms with Crippen LogP contribution in [0.15, 0.2) is 18.2 Å². The molecule has 0 saturated carbocycles. The van der Waals surface area contributed by atoms with Crippen molar-refractivity contribution in [2.75, 3.05) is 26.7 Å². The average molecular weight is 254 g/mol. The molecule has 5 heteroatoms. The summed E-state index contributed by atoms with van der Waals surface area (Å²) >= 11 is 0. The molecule has 1 amide bonds. The molecule has 1 N–H and O–H groups in total. The number of benzene rings is 1. The fourth-order valence-electron chi connectivity index (χ4n) is 2.31. The first-order chi connectivity index (χ1) is 8.61. The number of hydrogen-bond acceptors (Lipinski definition) is 2. The Labute approximate surface area is 105 Å². The van der Waals surface area contributed by atoms with E-state index in [9.17, 15) is 13.6 Å².